The van der Waals surface area contributed by atoms with Crippen molar-refractivity contribution < 1.29 is 52.7 Å². The van der Waals surface area contributed by atoms with Crippen LogP contribution < -0.4 is 32.7 Å². The van der Waals surface area contributed by atoms with Crippen LogP contribution in [0, 0.1) is 11.8 Å². The first-order chi connectivity index (χ1) is 41.4. The van der Waals surface area contributed by atoms with Gasteiger partial charge in [0.15, 0.2) is 18.2 Å². The minimum absolute atomic E-state index is 0.0137. The smallest absolute Gasteiger partial charge is 0.329 e. The van der Waals surface area contributed by atoms with E-state index < -0.39 is 126 Å². The van der Waals surface area contributed by atoms with Crippen molar-refractivity contribution in [2.45, 2.75) is 158 Å². The highest BCUT2D eigenvalue weighted by molar-refractivity contribution is 5.99. The van der Waals surface area contributed by atoms with Gasteiger partial charge < -0.3 is 52.2 Å². The molecule has 1 aromatic carbocycles. The lowest BCUT2D eigenvalue weighted by molar-refractivity contribution is -0.155. The van der Waals surface area contributed by atoms with Crippen LogP contribution in [0.15, 0.2) is 85.2 Å². The summed E-state index contributed by atoms with van der Waals surface area (Å²) in [5.74, 6) is -8.64. The number of aromatic nitrogens is 2. The number of rotatable bonds is 22. The molecule has 0 radical (unpaired) electrons. The Morgan fingerprint density at radius 3 is 2.22 bits per heavy atom. The van der Waals surface area contributed by atoms with Gasteiger partial charge in [-0.05, 0) is 151 Å². The van der Waals surface area contributed by atoms with Crippen molar-refractivity contribution in [1.29, 1.82) is 0 Å². The molecular weight excluding hydrogens is 1100 g/mol. The lowest BCUT2D eigenvalue weighted by Crippen LogP contribution is -2.55. The molecule has 22 nitrogen and oxygen atoms in total. The van der Waals surface area contributed by atoms with Crippen molar-refractivity contribution in [2.24, 2.45) is 23.3 Å². The van der Waals surface area contributed by atoms with E-state index in [4.69, 9.17) is 16.2 Å². The first kappa shape index (κ1) is 65.6. The summed E-state index contributed by atoms with van der Waals surface area (Å²) in [6, 6.07) is 11.7. The van der Waals surface area contributed by atoms with Gasteiger partial charge in [0.1, 0.15) is 18.1 Å². The number of cyclic esters (lactones) is 1. The highest BCUT2D eigenvalue weighted by Gasteiger charge is 2.41. The number of ether oxygens (including phenoxy) is 1. The lowest BCUT2D eigenvalue weighted by Gasteiger charge is -2.30. The van der Waals surface area contributed by atoms with Gasteiger partial charge in [0, 0.05) is 68.8 Å². The van der Waals surface area contributed by atoms with Gasteiger partial charge in [-0.2, -0.15) is 0 Å². The molecule has 4 aliphatic rings. The second kappa shape index (κ2) is 33.1. The number of nitrogens with zero attached hydrogens (tertiary/aromatic N) is 5. The van der Waals surface area contributed by atoms with Crippen LogP contribution in [0.1, 0.15) is 132 Å². The summed E-state index contributed by atoms with van der Waals surface area (Å²) >= 11 is 0. The number of carbonyl (C=O) groups is 10. The van der Waals surface area contributed by atoms with Gasteiger partial charge in [0.25, 0.3) is 5.91 Å². The Kier molecular flexibility index (Phi) is 25.2. The summed E-state index contributed by atoms with van der Waals surface area (Å²) < 4.78 is 5.76. The maximum atomic E-state index is 14.9. The summed E-state index contributed by atoms with van der Waals surface area (Å²) in [7, 11) is 3.85. The normalized spacial score (nSPS) is 23.3. The van der Waals surface area contributed by atoms with Crippen molar-refractivity contribution in [3.63, 3.8) is 0 Å². The van der Waals surface area contributed by atoms with E-state index in [0.29, 0.717) is 70.0 Å². The Morgan fingerprint density at radius 1 is 0.779 bits per heavy atom. The molecule has 8 N–H and O–H groups in total. The Hall–Kier alpha value is -7.98. The van der Waals surface area contributed by atoms with E-state index in [1.807, 2.05) is 73.6 Å². The number of likely N-dealkylation sites (tertiary alicyclic amines) is 1. The van der Waals surface area contributed by atoms with Crippen molar-refractivity contribution >= 4 is 70.5 Å². The SMILES string of the molecule is CN(C)CCCC[C@@H]1CC(=O)C(CCCc2ccccn2)NC(=O)C[C@@H](C(=O)N2CCC[C@H]2C(N)=O)NC(=O)[C@H](CCCCNC(=O)C(N)C/C=C/c2ccccn2)CC(=O)[C@@H]2CCCN2C(=O)COC(=O)[C@H](CC2=CCc3ccccc32)NC1=O. The quantitative estimate of drug-likeness (QED) is 0.0621. The molecule has 3 aromatic rings. The number of benzene rings is 1. The fourth-order valence-corrected chi connectivity index (χ4v) is 11.8. The highest BCUT2D eigenvalue weighted by Crippen LogP contribution is 2.32. The van der Waals surface area contributed by atoms with Crippen LogP contribution in [0.3, 0.4) is 0 Å². The van der Waals surface area contributed by atoms with Gasteiger partial charge >= 0.3 is 5.97 Å². The third kappa shape index (κ3) is 19.5. The van der Waals surface area contributed by atoms with Crippen LogP contribution in [-0.2, 0) is 65.5 Å². The number of hydrogen-bond acceptors (Lipinski definition) is 15. The van der Waals surface area contributed by atoms with Gasteiger partial charge in [-0.25, -0.2) is 4.79 Å². The zero-order chi connectivity index (χ0) is 61.5. The predicted octanol–water partition coefficient (Wildman–Crippen LogP) is 3.30. The number of ketones is 2. The Balaban J connectivity index is 1.18. The molecule has 3 fully saturated rings. The van der Waals surface area contributed by atoms with Crippen molar-refractivity contribution in [1.82, 2.24) is 45.9 Å². The number of nitrogens with two attached hydrogens (primary N) is 2. The number of amides is 7. The second-order valence-corrected chi connectivity index (χ2v) is 23.2. The Bertz CT molecular complexity index is 2920. The molecule has 5 heterocycles. The number of allylic oxidation sites excluding steroid dienone is 1. The fourth-order valence-electron chi connectivity index (χ4n) is 11.8. The number of esters is 1. The minimum atomic E-state index is -1.59. The van der Waals surface area contributed by atoms with Gasteiger partial charge in [-0.3, -0.25) is 53.1 Å². The van der Waals surface area contributed by atoms with E-state index in [1.165, 1.54) is 9.80 Å². The summed E-state index contributed by atoms with van der Waals surface area (Å²) in [5.41, 5.74) is 16.2. The fraction of sp³-hybridized carbons (Fsp3) is 0.531. The van der Waals surface area contributed by atoms with Crippen LogP contribution in [0.25, 0.3) is 11.6 Å². The van der Waals surface area contributed by atoms with Gasteiger partial charge in [-0.15, -0.1) is 0 Å². The van der Waals surface area contributed by atoms with E-state index in [1.54, 1.807) is 36.7 Å². The van der Waals surface area contributed by atoms with E-state index in [2.05, 4.69) is 31.2 Å². The topological polar surface area (TPSA) is 316 Å². The number of fused-ring (bicyclic) bond motifs is 2. The van der Waals surface area contributed by atoms with Crippen LogP contribution >= 0.6 is 0 Å². The number of unbranched alkanes of at least 4 members (excludes halogenated alkanes) is 2. The van der Waals surface area contributed by atoms with Crippen molar-refractivity contribution in [3.8, 4) is 0 Å². The molecule has 3 aliphatic heterocycles. The number of carbonyl (C=O) groups excluding carboxylic acids is 10. The van der Waals surface area contributed by atoms with E-state index in [0.717, 1.165) is 22.4 Å². The summed E-state index contributed by atoms with van der Waals surface area (Å²) in [6.45, 7) is 0.402. The van der Waals surface area contributed by atoms with Crippen molar-refractivity contribution in [2.75, 3.05) is 46.9 Å². The highest BCUT2D eigenvalue weighted by atomic mass is 16.5. The predicted molar refractivity (Wildman–Crippen MR) is 321 cm³/mol. The molecule has 3 saturated heterocycles. The molecule has 8 atom stereocenters. The van der Waals surface area contributed by atoms with Crippen LogP contribution in [-0.4, -0.2) is 167 Å². The van der Waals surface area contributed by atoms with E-state index in [9.17, 15) is 47.9 Å². The molecule has 462 valence electrons. The van der Waals surface area contributed by atoms with E-state index >= 15 is 0 Å². The molecule has 1 aliphatic carbocycles. The molecule has 22 heteroatoms. The summed E-state index contributed by atoms with van der Waals surface area (Å²) in [5, 5.41) is 11.4. The zero-order valence-electron chi connectivity index (χ0n) is 49.6. The molecule has 2 aromatic heterocycles. The van der Waals surface area contributed by atoms with Gasteiger partial charge in [0.05, 0.1) is 30.2 Å². The average Bonchev–Trinajstić information content (AvgIpc) is 4.03. The molecule has 86 heavy (non-hydrogen) atoms. The molecule has 0 bridgehead atoms. The third-order valence-electron chi connectivity index (χ3n) is 16.5. The molecule has 0 saturated carbocycles. The number of primary amides is 1. The standard InChI is InChI=1S/C64H85N11O11/c1-73(2)34-12-8-19-44-38-55(76)50(26-14-23-47-21-7-11-32-68-47)70-57(78)40-51(63(84)75-36-16-28-54(75)59(66)80)71-60(81)45(18-5-9-33-69-62(83)49(65)25-13-22-46-20-6-10-31-67-46)39-56(77)53-27-15-35-74(53)58(79)41-86-64(85)52(72-61(44)82)37-43-30-29-42-17-3-4-24-48(42)43/h3-4,6-7,10-11,13,17,20-22,24,30-32,44-45,49-54H,5,8-9,12,14-16,18-19,23,25-29,33-41,65H2,1-2H3,(H2,66,80)(H,69,83)(H,70,78)(H,71,81)(H,72,82)/b22-13+/t44-,45-,49?,50?,51+,52+,53+,54+/m1/s1. The molecule has 0 spiro atoms. The average molecular weight is 1180 g/mol. The third-order valence-corrected chi connectivity index (χ3v) is 16.5. The van der Waals surface area contributed by atoms with E-state index in [-0.39, 0.29) is 71.0 Å². The maximum absolute atomic E-state index is 14.9. The summed E-state index contributed by atoms with van der Waals surface area (Å²) in [4.78, 5) is 156. The molecule has 7 amide bonds. The first-order valence-electron chi connectivity index (χ1n) is 30.4. The largest absolute Gasteiger partial charge is 0.454 e. The van der Waals surface area contributed by atoms with Crippen LogP contribution in [0.5, 0.6) is 0 Å². The number of aryl methyl sites for hydroxylation is 1. The molecule has 2 unspecified atom stereocenters. The molecule has 7 rings (SSSR count). The minimum Gasteiger partial charge on any atom is -0.454 e. The van der Waals surface area contributed by atoms with Crippen LogP contribution in [0.2, 0.25) is 0 Å². The Labute approximate surface area is 503 Å². The number of pyridine rings is 2. The van der Waals surface area contributed by atoms with Gasteiger partial charge in [0.2, 0.25) is 35.4 Å². The lowest BCUT2D eigenvalue weighted by atomic mass is 9.90. The second-order valence-electron chi connectivity index (χ2n) is 23.2. The Morgan fingerprint density at radius 2 is 1.49 bits per heavy atom. The number of nitrogens with one attached hydrogen (secondary N) is 4. The number of Topliss-reactive ketones (excluding diaryl/α,β-unsaturated/α-hetero) is 2. The van der Waals surface area contributed by atoms with Crippen LogP contribution in [0.4, 0.5) is 0 Å². The molecular formula is C64H85N11O11. The van der Waals surface area contributed by atoms with Gasteiger partial charge in [-0.1, -0.05) is 61.4 Å². The zero-order valence-corrected chi connectivity index (χ0v) is 49.6. The van der Waals surface area contributed by atoms with Crippen molar-refractivity contribution in [3.05, 3.63) is 108 Å². The summed E-state index contributed by atoms with van der Waals surface area (Å²) in [6.07, 6.45) is 12.7. The monoisotopic (exact) mass is 1180 g/mol. The maximum Gasteiger partial charge on any atom is 0.329 e. The number of hydrogen-bond donors (Lipinski definition) is 6. The first-order valence-corrected chi connectivity index (χ1v) is 30.4.